The number of aromatic amines is 1. The molecule has 7 nitrogen and oxygen atoms in total. The first-order valence-electron chi connectivity index (χ1n) is 12.4. The lowest BCUT2D eigenvalue weighted by molar-refractivity contribution is -0.132. The van der Waals surface area contributed by atoms with Crippen molar-refractivity contribution in [3.8, 4) is 0 Å². The number of H-pyrrole nitrogens is 1. The number of carbonyl (C=O) groups is 1. The van der Waals surface area contributed by atoms with Crippen LogP contribution in [0.1, 0.15) is 62.4 Å². The van der Waals surface area contributed by atoms with Gasteiger partial charge < -0.3 is 9.88 Å². The molecule has 1 unspecified atom stereocenters. The molecular weight excluding hydrogens is 448 g/mol. The van der Waals surface area contributed by atoms with Crippen LogP contribution < -0.4 is 0 Å². The van der Waals surface area contributed by atoms with Crippen LogP contribution in [0.25, 0.3) is 11.0 Å². The number of rotatable bonds is 6. The molecule has 3 aromatic rings. The smallest absolute Gasteiger partial charge is 0.243 e. The highest BCUT2D eigenvalue weighted by molar-refractivity contribution is 7.89. The van der Waals surface area contributed by atoms with E-state index in [0.29, 0.717) is 30.8 Å². The highest BCUT2D eigenvalue weighted by atomic mass is 32.2. The molecule has 34 heavy (non-hydrogen) atoms. The van der Waals surface area contributed by atoms with Crippen LogP contribution in [0.5, 0.6) is 0 Å². The average molecular weight is 481 g/mol. The molecule has 180 valence electrons. The SMILES string of the molecule is O=C(CCc1ccc(S(=O)(=O)N2CCCCCC2)cc1)N1CCCC1c1nc2ccccc2[nH]1. The Balaban J connectivity index is 1.22. The number of amides is 1. The first-order valence-corrected chi connectivity index (χ1v) is 13.8. The maximum atomic E-state index is 13.1. The van der Waals surface area contributed by atoms with Crippen molar-refractivity contribution in [2.24, 2.45) is 0 Å². The number of sulfonamides is 1. The van der Waals surface area contributed by atoms with Gasteiger partial charge in [0.2, 0.25) is 15.9 Å². The van der Waals surface area contributed by atoms with E-state index in [4.69, 9.17) is 4.98 Å². The Morgan fingerprint density at radius 1 is 0.941 bits per heavy atom. The summed E-state index contributed by atoms with van der Waals surface area (Å²) in [6, 6.07) is 15.0. The minimum atomic E-state index is -3.45. The summed E-state index contributed by atoms with van der Waals surface area (Å²) in [6.45, 7) is 1.94. The van der Waals surface area contributed by atoms with E-state index in [2.05, 4.69) is 4.98 Å². The van der Waals surface area contributed by atoms with E-state index in [-0.39, 0.29) is 11.9 Å². The number of benzene rings is 2. The summed E-state index contributed by atoms with van der Waals surface area (Å²) in [4.78, 5) is 23.4. The molecule has 2 aliphatic heterocycles. The van der Waals surface area contributed by atoms with Gasteiger partial charge in [0, 0.05) is 26.1 Å². The summed E-state index contributed by atoms with van der Waals surface area (Å²) in [7, 11) is -3.45. The van der Waals surface area contributed by atoms with Crippen molar-refractivity contribution in [1.82, 2.24) is 19.2 Å². The van der Waals surface area contributed by atoms with Gasteiger partial charge in [-0.15, -0.1) is 0 Å². The van der Waals surface area contributed by atoms with Gasteiger partial charge in [-0.25, -0.2) is 13.4 Å². The van der Waals surface area contributed by atoms with Crippen LogP contribution in [0.2, 0.25) is 0 Å². The van der Waals surface area contributed by atoms with Crippen molar-refractivity contribution < 1.29 is 13.2 Å². The number of hydrogen-bond donors (Lipinski definition) is 1. The fraction of sp³-hybridized carbons (Fsp3) is 0.462. The average Bonchev–Trinajstić information content (AvgIpc) is 3.42. The van der Waals surface area contributed by atoms with Crippen molar-refractivity contribution in [2.75, 3.05) is 19.6 Å². The standard InChI is InChI=1S/C26H32N4O3S/c31-25(30-19-7-10-24(30)26-27-22-8-3-4-9-23(22)28-26)16-13-20-11-14-21(15-12-20)34(32,33)29-17-5-1-2-6-18-29/h3-4,8-9,11-12,14-15,24H,1-2,5-7,10,13,16-19H2,(H,27,28). The van der Waals surface area contributed by atoms with Crippen LogP contribution >= 0.6 is 0 Å². The topological polar surface area (TPSA) is 86.4 Å². The second kappa shape index (κ2) is 9.88. The Bertz CT molecular complexity index is 1210. The second-order valence-electron chi connectivity index (χ2n) is 9.35. The zero-order valence-corrected chi connectivity index (χ0v) is 20.3. The minimum Gasteiger partial charge on any atom is -0.340 e. The molecule has 1 amide bonds. The molecule has 5 rings (SSSR count). The number of imidazole rings is 1. The zero-order chi connectivity index (χ0) is 23.5. The fourth-order valence-electron chi connectivity index (χ4n) is 5.13. The Morgan fingerprint density at radius 2 is 1.68 bits per heavy atom. The van der Waals surface area contributed by atoms with Gasteiger partial charge in [-0.1, -0.05) is 37.1 Å². The maximum Gasteiger partial charge on any atom is 0.243 e. The predicted octanol–water partition coefficient (Wildman–Crippen LogP) is 4.42. The van der Waals surface area contributed by atoms with E-state index >= 15 is 0 Å². The molecule has 1 atom stereocenters. The van der Waals surface area contributed by atoms with Crippen LogP contribution in [0.3, 0.4) is 0 Å². The third kappa shape index (κ3) is 4.74. The molecule has 1 aromatic heterocycles. The zero-order valence-electron chi connectivity index (χ0n) is 19.4. The number of fused-ring (bicyclic) bond motifs is 1. The minimum absolute atomic E-state index is 0.0129. The van der Waals surface area contributed by atoms with E-state index in [1.54, 1.807) is 16.4 Å². The van der Waals surface area contributed by atoms with Crippen molar-refractivity contribution >= 4 is 27.0 Å². The quantitative estimate of drug-likeness (QED) is 0.566. The molecule has 0 saturated carbocycles. The molecule has 0 radical (unpaired) electrons. The Labute approximate surface area is 201 Å². The summed E-state index contributed by atoms with van der Waals surface area (Å²) in [5.41, 5.74) is 2.89. The van der Waals surface area contributed by atoms with E-state index < -0.39 is 10.0 Å². The molecule has 8 heteroatoms. The van der Waals surface area contributed by atoms with Crippen molar-refractivity contribution in [1.29, 1.82) is 0 Å². The Hall–Kier alpha value is -2.71. The lowest BCUT2D eigenvalue weighted by Crippen LogP contribution is -2.32. The molecule has 0 spiro atoms. The molecule has 0 bridgehead atoms. The summed E-state index contributed by atoms with van der Waals surface area (Å²) < 4.78 is 27.6. The maximum absolute atomic E-state index is 13.1. The van der Waals surface area contributed by atoms with Gasteiger partial charge in [-0.05, 0) is 61.9 Å². The molecule has 2 aliphatic rings. The molecule has 2 fully saturated rings. The van der Waals surface area contributed by atoms with Crippen LogP contribution in [0.15, 0.2) is 53.4 Å². The van der Waals surface area contributed by atoms with Crippen LogP contribution in [0, 0.1) is 0 Å². The number of aryl methyl sites for hydroxylation is 1. The largest absolute Gasteiger partial charge is 0.340 e. The number of likely N-dealkylation sites (tertiary alicyclic amines) is 1. The third-order valence-electron chi connectivity index (χ3n) is 7.05. The van der Waals surface area contributed by atoms with E-state index in [1.807, 2.05) is 41.3 Å². The summed E-state index contributed by atoms with van der Waals surface area (Å²) in [5, 5.41) is 0. The predicted molar refractivity (Wildman–Crippen MR) is 132 cm³/mol. The van der Waals surface area contributed by atoms with Gasteiger partial charge in [0.25, 0.3) is 0 Å². The van der Waals surface area contributed by atoms with Gasteiger partial charge in [0.05, 0.1) is 22.0 Å². The Kier molecular flexibility index (Phi) is 6.70. The van der Waals surface area contributed by atoms with Crippen molar-refractivity contribution in [3.63, 3.8) is 0 Å². The summed E-state index contributed by atoms with van der Waals surface area (Å²) >= 11 is 0. The number of nitrogens with zero attached hydrogens (tertiary/aromatic N) is 3. The van der Waals surface area contributed by atoms with Gasteiger partial charge in [-0.3, -0.25) is 4.79 Å². The van der Waals surface area contributed by atoms with Crippen molar-refractivity contribution in [3.05, 3.63) is 59.9 Å². The third-order valence-corrected chi connectivity index (χ3v) is 8.96. The summed E-state index contributed by atoms with van der Waals surface area (Å²) in [5.74, 6) is 0.972. The van der Waals surface area contributed by atoms with Gasteiger partial charge in [0.1, 0.15) is 5.82 Å². The second-order valence-corrected chi connectivity index (χ2v) is 11.3. The first kappa shape index (κ1) is 23.1. The van der Waals surface area contributed by atoms with Gasteiger partial charge in [0.15, 0.2) is 0 Å². The van der Waals surface area contributed by atoms with Crippen LogP contribution in [-0.4, -0.2) is 53.1 Å². The number of para-hydroxylation sites is 2. The monoisotopic (exact) mass is 480 g/mol. The molecule has 2 saturated heterocycles. The Morgan fingerprint density at radius 3 is 2.41 bits per heavy atom. The van der Waals surface area contributed by atoms with Crippen LogP contribution in [0.4, 0.5) is 0 Å². The highest BCUT2D eigenvalue weighted by Crippen LogP contribution is 2.32. The highest BCUT2D eigenvalue weighted by Gasteiger charge is 2.32. The number of hydrogen-bond acceptors (Lipinski definition) is 4. The molecular formula is C26H32N4O3S. The molecule has 0 aliphatic carbocycles. The molecule has 3 heterocycles. The normalized spacial score (nSPS) is 20.0. The van der Waals surface area contributed by atoms with Crippen molar-refractivity contribution in [2.45, 2.75) is 62.3 Å². The number of carbonyl (C=O) groups excluding carboxylic acids is 1. The molecule has 1 N–H and O–H groups in total. The number of nitrogens with one attached hydrogen (secondary N) is 1. The summed E-state index contributed by atoms with van der Waals surface area (Å²) in [6.07, 6.45) is 6.89. The molecule has 2 aromatic carbocycles. The fourth-order valence-corrected chi connectivity index (χ4v) is 6.65. The van der Waals surface area contributed by atoms with E-state index in [0.717, 1.165) is 67.5 Å². The lowest BCUT2D eigenvalue weighted by atomic mass is 10.1. The van der Waals surface area contributed by atoms with E-state index in [1.165, 1.54) is 0 Å². The number of aromatic nitrogens is 2. The van der Waals surface area contributed by atoms with E-state index in [9.17, 15) is 13.2 Å². The first-order chi connectivity index (χ1) is 16.5. The van der Waals surface area contributed by atoms with Gasteiger partial charge >= 0.3 is 0 Å². The van der Waals surface area contributed by atoms with Crippen LogP contribution in [-0.2, 0) is 21.2 Å². The van der Waals surface area contributed by atoms with Gasteiger partial charge in [-0.2, -0.15) is 4.31 Å². The lowest BCUT2D eigenvalue weighted by Gasteiger charge is -2.23.